The van der Waals surface area contributed by atoms with Crippen LogP contribution in [0, 0.1) is 11.7 Å². The lowest BCUT2D eigenvalue weighted by molar-refractivity contribution is -0.136. The number of rotatable bonds is 11. The number of amides is 5. The fraction of sp³-hybridized carbons (Fsp3) is 0.357. The molecule has 4 aliphatic rings. The van der Waals surface area contributed by atoms with Crippen molar-refractivity contribution in [3.8, 4) is 5.75 Å². The van der Waals surface area contributed by atoms with Gasteiger partial charge in [-0.05, 0) is 80.7 Å². The molecule has 0 spiro atoms. The van der Waals surface area contributed by atoms with E-state index in [1.807, 2.05) is 12.1 Å². The van der Waals surface area contributed by atoms with Gasteiger partial charge in [-0.25, -0.2) is 14.4 Å². The van der Waals surface area contributed by atoms with Crippen LogP contribution in [0.4, 0.5) is 27.3 Å². The first kappa shape index (κ1) is 39.8. The molecule has 3 aromatic carbocycles. The molecular formula is C42H43ClFN9O6. The topological polar surface area (TPSA) is 169 Å². The van der Waals surface area contributed by atoms with Gasteiger partial charge in [0.25, 0.3) is 11.8 Å². The van der Waals surface area contributed by atoms with Gasteiger partial charge in [0.1, 0.15) is 29.8 Å². The number of carbonyl (C=O) groups is 5. The van der Waals surface area contributed by atoms with E-state index < -0.39 is 35.5 Å². The van der Waals surface area contributed by atoms with Gasteiger partial charge in [-0.3, -0.25) is 44.0 Å². The normalized spacial score (nSPS) is 19.4. The zero-order valence-corrected chi connectivity index (χ0v) is 33.1. The van der Waals surface area contributed by atoms with Gasteiger partial charge in [0.05, 0.1) is 34.5 Å². The number of piperidine rings is 2. The van der Waals surface area contributed by atoms with E-state index in [1.165, 1.54) is 31.6 Å². The Morgan fingerprint density at radius 2 is 1.71 bits per heavy atom. The zero-order chi connectivity index (χ0) is 41.2. The van der Waals surface area contributed by atoms with E-state index in [4.69, 9.17) is 16.3 Å². The van der Waals surface area contributed by atoms with Crippen molar-refractivity contribution in [3.05, 3.63) is 89.0 Å². The number of carbonyl (C=O) groups excluding carboxylic acids is 5. The summed E-state index contributed by atoms with van der Waals surface area (Å²) >= 11 is 5.96. The van der Waals surface area contributed by atoms with Crippen molar-refractivity contribution in [2.24, 2.45) is 5.92 Å². The average Bonchev–Trinajstić information content (AvgIpc) is 3.48. The standard InChI is InChI=1S/C42H43ClFN9O6/c1-59-36-22-33-30(39(46-24-45-33)47-26-4-7-32(44)31(43)19-26)21-34(36)48-37(54)3-2-12-50-13-10-25(11-14-50)23-51-15-17-52(18-16-51)27-5-6-28-29(20-27)42(58)53(41(28)57)35-8-9-38(55)49-40(35)56/h2-7,19-22,24-25,35H,8-18,23H2,1H3,(H,48,54)(H,45,46,47)(H,49,55,56)/b3-2+. The molecule has 0 aliphatic carbocycles. The van der Waals surface area contributed by atoms with Crippen LogP contribution in [0.2, 0.25) is 5.02 Å². The summed E-state index contributed by atoms with van der Waals surface area (Å²) in [5, 5.41) is 8.89. The fourth-order valence-electron chi connectivity index (χ4n) is 8.20. The number of halogens is 2. The molecule has 3 saturated heterocycles. The number of aromatic nitrogens is 2. The summed E-state index contributed by atoms with van der Waals surface area (Å²) in [5.74, 6) is -1.39. The summed E-state index contributed by atoms with van der Waals surface area (Å²) in [6.07, 6.45) is 7.12. The molecular weight excluding hydrogens is 781 g/mol. The molecule has 1 unspecified atom stereocenters. The number of methoxy groups -OCH3 is 1. The van der Waals surface area contributed by atoms with Crippen LogP contribution in [0.3, 0.4) is 0 Å². The van der Waals surface area contributed by atoms with Gasteiger partial charge in [0.15, 0.2) is 0 Å². The molecule has 8 rings (SSSR count). The third-order valence-corrected chi connectivity index (χ3v) is 11.7. The van der Waals surface area contributed by atoms with Gasteiger partial charge in [0.2, 0.25) is 17.7 Å². The van der Waals surface area contributed by atoms with Crippen molar-refractivity contribution < 1.29 is 33.1 Å². The van der Waals surface area contributed by atoms with E-state index in [0.29, 0.717) is 51.9 Å². The molecule has 5 amide bonds. The maximum absolute atomic E-state index is 13.7. The summed E-state index contributed by atoms with van der Waals surface area (Å²) in [6, 6.07) is 12.0. The first-order chi connectivity index (χ1) is 28.5. The first-order valence-electron chi connectivity index (χ1n) is 19.6. The SMILES string of the molecule is COc1cc2ncnc(Nc3ccc(F)c(Cl)c3)c2cc1NC(=O)/C=C/CN1CCC(CN2CCN(c3ccc4c(c3)C(=O)N(C3CCC(=O)NC3=O)C4=O)CC2)CC1. The predicted molar refractivity (Wildman–Crippen MR) is 219 cm³/mol. The van der Waals surface area contributed by atoms with Crippen molar-refractivity contribution in [1.82, 2.24) is 30.0 Å². The molecule has 0 radical (unpaired) electrons. The van der Waals surface area contributed by atoms with Crippen LogP contribution in [-0.4, -0.2) is 120 Å². The summed E-state index contributed by atoms with van der Waals surface area (Å²) < 4.78 is 19.2. The quantitative estimate of drug-likeness (QED) is 0.142. The second-order valence-corrected chi connectivity index (χ2v) is 15.6. The Kier molecular flexibility index (Phi) is 11.5. The molecule has 59 heavy (non-hydrogen) atoms. The molecule has 4 aromatic rings. The number of hydrogen-bond donors (Lipinski definition) is 3. The molecule has 0 saturated carbocycles. The fourth-order valence-corrected chi connectivity index (χ4v) is 8.39. The molecule has 5 heterocycles. The summed E-state index contributed by atoms with van der Waals surface area (Å²) in [4.78, 5) is 80.2. The van der Waals surface area contributed by atoms with E-state index in [1.54, 1.807) is 30.3 Å². The van der Waals surface area contributed by atoms with Crippen LogP contribution in [-0.2, 0) is 14.4 Å². The molecule has 306 valence electrons. The van der Waals surface area contributed by atoms with Crippen LogP contribution in [0.1, 0.15) is 46.4 Å². The van der Waals surface area contributed by atoms with Gasteiger partial charge >= 0.3 is 0 Å². The van der Waals surface area contributed by atoms with Crippen molar-refractivity contribution >= 4 is 74.9 Å². The molecule has 3 fully saturated rings. The predicted octanol–water partition coefficient (Wildman–Crippen LogP) is 4.60. The average molecular weight is 824 g/mol. The van der Waals surface area contributed by atoms with Gasteiger partial charge in [0, 0.05) is 74.6 Å². The molecule has 17 heteroatoms. The Hall–Kier alpha value is -5.97. The van der Waals surface area contributed by atoms with Crippen LogP contribution in [0.5, 0.6) is 5.75 Å². The maximum Gasteiger partial charge on any atom is 0.262 e. The summed E-state index contributed by atoms with van der Waals surface area (Å²) in [6.45, 7) is 6.84. The van der Waals surface area contributed by atoms with E-state index in [9.17, 15) is 28.4 Å². The van der Waals surface area contributed by atoms with Gasteiger partial charge < -0.3 is 20.3 Å². The lowest BCUT2D eigenvalue weighted by atomic mass is 9.96. The number of benzene rings is 3. The molecule has 0 bridgehead atoms. The summed E-state index contributed by atoms with van der Waals surface area (Å²) in [7, 11) is 1.52. The van der Waals surface area contributed by atoms with E-state index in [0.717, 1.165) is 69.2 Å². The lowest BCUT2D eigenvalue weighted by Gasteiger charge is -2.39. The second-order valence-electron chi connectivity index (χ2n) is 15.1. The first-order valence-corrected chi connectivity index (χ1v) is 20.0. The highest BCUT2D eigenvalue weighted by atomic mass is 35.5. The van der Waals surface area contributed by atoms with Crippen LogP contribution in [0.15, 0.2) is 67.0 Å². The highest BCUT2D eigenvalue weighted by molar-refractivity contribution is 6.31. The Bertz CT molecular complexity index is 2360. The number of nitrogens with one attached hydrogen (secondary N) is 3. The van der Waals surface area contributed by atoms with Gasteiger partial charge in [-0.2, -0.15) is 0 Å². The molecule has 1 aromatic heterocycles. The van der Waals surface area contributed by atoms with Crippen molar-refractivity contribution in [2.45, 2.75) is 31.7 Å². The minimum absolute atomic E-state index is 0.0224. The van der Waals surface area contributed by atoms with E-state index >= 15 is 0 Å². The van der Waals surface area contributed by atoms with Crippen LogP contribution >= 0.6 is 11.6 Å². The number of ether oxygens (including phenoxy) is 1. The highest BCUT2D eigenvalue weighted by Gasteiger charge is 2.45. The number of piperazine rings is 1. The zero-order valence-electron chi connectivity index (χ0n) is 32.4. The number of hydrogen-bond acceptors (Lipinski definition) is 12. The van der Waals surface area contributed by atoms with Gasteiger partial charge in [-0.15, -0.1) is 0 Å². The molecule has 15 nitrogen and oxygen atoms in total. The number of likely N-dealkylation sites (tertiary alicyclic amines) is 1. The molecule has 4 aliphatic heterocycles. The minimum atomic E-state index is -0.983. The van der Waals surface area contributed by atoms with E-state index in [-0.39, 0.29) is 29.3 Å². The van der Waals surface area contributed by atoms with Crippen molar-refractivity contribution in [1.29, 1.82) is 0 Å². The minimum Gasteiger partial charge on any atom is -0.494 e. The third-order valence-electron chi connectivity index (χ3n) is 11.4. The Balaban J connectivity index is 0.790. The molecule has 3 N–H and O–H groups in total. The number of nitrogens with zero attached hydrogens (tertiary/aromatic N) is 6. The Labute approximate surface area is 344 Å². The highest BCUT2D eigenvalue weighted by Crippen LogP contribution is 2.34. The van der Waals surface area contributed by atoms with Crippen LogP contribution in [0.25, 0.3) is 10.9 Å². The number of imide groups is 2. The van der Waals surface area contributed by atoms with Crippen LogP contribution < -0.4 is 25.6 Å². The maximum atomic E-state index is 13.7. The number of anilines is 4. The van der Waals surface area contributed by atoms with Gasteiger partial charge in [-0.1, -0.05) is 17.7 Å². The Morgan fingerprint density at radius 3 is 2.46 bits per heavy atom. The third kappa shape index (κ3) is 8.60. The van der Waals surface area contributed by atoms with E-state index in [2.05, 4.69) is 40.6 Å². The molecule has 1 atom stereocenters. The Morgan fingerprint density at radius 1 is 0.932 bits per heavy atom. The lowest BCUT2D eigenvalue weighted by Crippen LogP contribution is -2.54. The smallest absolute Gasteiger partial charge is 0.262 e. The number of fused-ring (bicyclic) bond motifs is 2. The largest absolute Gasteiger partial charge is 0.494 e. The van der Waals surface area contributed by atoms with Crippen molar-refractivity contribution in [2.75, 3.05) is 75.0 Å². The second kappa shape index (κ2) is 17.1. The summed E-state index contributed by atoms with van der Waals surface area (Å²) in [5.41, 5.74) is 3.02. The monoisotopic (exact) mass is 823 g/mol. The van der Waals surface area contributed by atoms with Crippen molar-refractivity contribution in [3.63, 3.8) is 0 Å².